The maximum absolute atomic E-state index is 11.9. The fourth-order valence-corrected chi connectivity index (χ4v) is 2.07. The summed E-state index contributed by atoms with van der Waals surface area (Å²) in [6.07, 6.45) is 3.43. The Balaban J connectivity index is 1.82. The Kier molecular flexibility index (Phi) is 5.89. The van der Waals surface area contributed by atoms with Crippen LogP contribution in [0, 0.1) is 0 Å². The number of carbonyl (C=O) groups is 1. The van der Waals surface area contributed by atoms with E-state index in [1.54, 1.807) is 6.07 Å². The quantitative estimate of drug-likeness (QED) is 0.771. The van der Waals surface area contributed by atoms with Crippen LogP contribution in [0.2, 0.25) is 0 Å². The van der Waals surface area contributed by atoms with Gasteiger partial charge in [-0.1, -0.05) is 30.3 Å². The lowest BCUT2D eigenvalue weighted by Gasteiger charge is -2.09. The fraction of sp³-hybridized carbons (Fsp3) is 0.353. The predicted molar refractivity (Wildman–Crippen MR) is 87.9 cm³/mol. The Labute approximate surface area is 131 Å². The summed E-state index contributed by atoms with van der Waals surface area (Å²) in [7, 11) is 0. The molecule has 0 saturated heterocycles. The number of aromatic nitrogens is 2. The monoisotopic (exact) mass is 298 g/mol. The molecule has 0 atom stereocenters. The number of anilines is 1. The number of amides is 1. The van der Waals surface area contributed by atoms with Crippen LogP contribution in [0.25, 0.3) is 0 Å². The van der Waals surface area contributed by atoms with Gasteiger partial charge in [-0.05, 0) is 32.3 Å². The van der Waals surface area contributed by atoms with Crippen LogP contribution in [0.4, 0.5) is 5.82 Å². The first-order chi connectivity index (χ1) is 10.6. The van der Waals surface area contributed by atoms with Gasteiger partial charge in [-0.2, -0.15) is 0 Å². The lowest BCUT2D eigenvalue weighted by molar-refractivity contribution is 0.0938. The van der Waals surface area contributed by atoms with Crippen molar-refractivity contribution in [3.8, 4) is 0 Å². The number of hydrogen-bond acceptors (Lipinski definition) is 4. The number of hydrogen-bond donors (Lipinski definition) is 2. The van der Waals surface area contributed by atoms with E-state index < -0.39 is 0 Å². The molecule has 0 radical (unpaired) electrons. The maximum Gasteiger partial charge on any atom is 0.270 e. The van der Waals surface area contributed by atoms with Crippen LogP contribution in [0.3, 0.4) is 0 Å². The number of rotatable bonds is 7. The smallest absolute Gasteiger partial charge is 0.270 e. The molecule has 22 heavy (non-hydrogen) atoms. The minimum absolute atomic E-state index is 0.0877. The van der Waals surface area contributed by atoms with Gasteiger partial charge in [0, 0.05) is 18.7 Å². The minimum atomic E-state index is -0.176. The molecule has 0 aliphatic heterocycles. The van der Waals surface area contributed by atoms with Crippen LogP contribution in [0.1, 0.15) is 36.3 Å². The Morgan fingerprint density at radius 2 is 1.95 bits per heavy atom. The summed E-state index contributed by atoms with van der Waals surface area (Å²) in [5.41, 5.74) is 1.71. The van der Waals surface area contributed by atoms with Crippen LogP contribution in [0.5, 0.6) is 0 Å². The van der Waals surface area contributed by atoms with Crippen molar-refractivity contribution in [1.82, 2.24) is 15.3 Å². The number of benzene rings is 1. The van der Waals surface area contributed by atoms with E-state index in [0.717, 1.165) is 19.4 Å². The predicted octanol–water partition coefficient (Wildman–Crippen LogP) is 2.66. The number of nitrogens with one attached hydrogen (secondary N) is 2. The first-order valence-electron chi connectivity index (χ1n) is 7.56. The van der Waals surface area contributed by atoms with Crippen molar-refractivity contribution in [1.29, 1.82) is 0 Å². The zero-order valence-corrected chi connectivity index (χ0v) is 13.0. The van der Waals surface area contributed by atoms with E-state index in [4.69, 9.17) is 0 Å². The third-order valence-corrected chi connectivity index (χ3v) is 3.11. The van der Waals surface area contributed by atoms with Gasteiger partial charge < -0.3 is 10.6 Å². The van der Waals surface area contributed by atoms with Gasteiger partial charge in [0.1, 0.15) is 17.8 Å². The van der Waals surface area contributed by atoms with Gasteiger partial charge in [0.05, 0.1) is 0 Å². The minimum Gasteiger partial charge on any atom is -0.370 e. The summed E-state index contributed by atoms with van der Waals surface area (Å²) in [5.74, 6) is 0.502. The normalized spacial score (nSPS) is 10.5. The van der Waals surface area contributed by atoms with Crippen molar-refractivity contribution in [3.05, 3.63) is 54.0 Å². The molecular formula is C17H22N4O. The third kappa shape index (κ3) is 5.16. The van der Waals surface area contributed by atoms with E-state index in [2.05, 4.69) is 32.7 Å². The van der Waals surface area contributed by atoms with Crippen LogP contribution in [-0.2, 0) is 6.42 Å². The molecule has 1 aromatic heterocycles. The van der Waals surface area contributed by atoms with Gasteiger partial charge in [-0.3, -0.25) is 4.79 Å². The zero-order valence-electron chi connectivity index (χ0n) is 13.0. The molecule has 5 heteroatoms. The van der Waals surface area contributed by atoms with Crippen LogP contribution in [-0.4, -0.2) is 28.5 Å². The van der Waals surface area contributed by atoms with Crippen LogP contribution < -0.4 is 10.6 Å². The van der Waals surface area contributed by atoms with E-state index in [1.807, 2.05) is 32.0 Å². The molecule has 0 bridgehead atoms. The van der Waals surface area contributed by atoms with Gasteiger partial charge >= 0.3 is 0 Å². The van der Waals surface area contributed by atoms with Crippen molar-refractivity contribution < 1.29 is 4.79 Å². The Bertz CT molecular complexity index is 599. The second-order valence-electron chi connectivity index (χ2n) is 5.43. The van der Waals surface area contributed by atoms with Gasteiger partial charge in [0.2, 0.25) is 0 Å². The van der Waals surface area contributed by atoms with Crippen LogP contribution >= 0.6 is 0 Å². The molecular weight excluding hydrogens is 276 g/mol. The fourth-order valence-electron chi connectivity index (χ4n) is 2.07. The first kappa shape index (κ1) is 15.9. The summed E-state index contributed by atoms with van der Waals surface area (Å²) in [4.78, 5) is 20.0. The molecule has 2 rings (SSSR count). The highest BCUT2D eigenvalue weighted by Gasteiger charge is 2.09. The summed E-state index contributed by atoms with van der Waals surface area (Å²) in [6, 6.07) is 12.1. The van der Waals surface area contributed by atoms with Gasteiger partial charge in [0.25, 0.3) is 5.91 Å². The average molecular weight is 298 g/mol. The van der Waals surface area contributed by atoms with Crippen LogP contribution in [0.15, 0.2) is 42.7 Å². The molecule has 1 amide bonds. The second-order valence-corrected chi connectivity index (χ2v) is 5.43. The number of aryl methyl sites for hydroxylation is 1. The molecule has 2 N–H and O–H groups in total. The molecule has 2 aromatic rings. The second kappa shape index (κ2) is 8.12. The van der Waals surface area contributed by atoms with Crippen molar-refractivity contribution in [2.45, 2.75) is 32.7 Å². The van der Waals surface area contributed by atoms with E-state index in [-0.39, 0.29) is 11.9 Å². The van der Waals surface area contributed by atoms with E-state index >= 15 is 0 Å². The summed E-state index contributed by atoms with van der Waals surface area (Å²) < 4.78 is 0. The van der Waals surface area contributed by atoms with Crippen molar-refractivity contribution in [2.75, 3.05) is 11.9 Å². The molecule has 1 heterocycles. The molecule has 0 aliphatic carbocycles. The molecule has 5 nitrogen and oxygen atoms in total. The van der Waals surface area contributed by atoms with Crippen molar-refractivity contribution in [2.24, 2.45) is 0 Å². The zero-order chi connectivity index (χ0) is 15.8. The van der Waals surface area contributed by atoms with E-state index in [0.29, 0.717) is 11.5 Å². The third-order valence-electron chi connectivity index (χ3n) is 3.11. The molecule has 0 unspecified atom stereocenters. The molecule has 0 saturated carbocycles. The largest absolute Gasteiger partial charge is 0.370 e. The Morgan fingerprint density at radius 1 is 1.18 bits per heavy atom. The molecule has 0 spiro atoms. The molecule has 0 aliphatic rings. The SMILES string of the molecule is CC(C)NC(=O)c1cc(NCCCc2ccccc2)ncn1. The Morgan fingerprint density at radius 3 is 2.68 bits per heavy atom. The standard InChI is InChI=1S/C17H22N4O/c1-13(2)21-17(22)15-11-16(20-12-19-15)18-10-6-9-14-7-4-3-5-8-14/h3-5,7-8,11-13H,6,9-10H2,1-2H3,(H,21,22)(H,18,19,20). The Hall–Kier alpha value is -2.43. The first-order valence-corrected chi connectivity index (χ1v) is 7.56. The highest BCUT2D eigenvalue weighted by molar-refractivity contribution is 5.92. The number of nitrogens with zero attached hydrogens (tertiary/aromatic N) is 2. The van der Waals surface area contributed by atoms with E-state index in [1.165, 1.54) is 11.9 Å². The van der Waals surface area contributed by atoms with E-state index in [9.17, 15) is 4.79 Å². The summed E-state index contributed by atoms with van der Waals surface area (Å²) >= 11 is 0. The lowest BCUT2D eigenvalue weighted by atomic mass is 10.1. The molecule has 116 valence electrons. The molecule has 1 aromatic carbocycles. The van der Waals surface area contributed by atoms with Crippen molar-refractivity contribution in [3.63, 3.8) is 0 Å². The summed E-state index contributed by atoms with van der Waals surface area (Å²) in [5, 5.41) is 6.05. The summed E-state index contributed by atoms with van der Waals surface area (Å²) in [6.45, 7) is 4.64. The highest BCUT2D eigenvalue weighted by atomic mass is 16.1. The lowest BCUT2D eigenvalue weighted by Crippen LogP contribution is -2.30. The topological polar surface area (TPSA) is 66.9 Å². The van der Waals surface area contributed by atoms with Gasteiger partial charge in [0.15, 0.2) is 0 Å². The van der Waals surface area contributed by atoms with Gasteiger partial charge in [-0.25, -0.2) is 9.97 Å². The number of carbonyl (C=O) groups excluding carboxylic acids is 1. The highest BCUT2D eigenvalue weighted by Crippen LogP contribution is 2.06. The molecule has 0 fully saturated rings. The van der Waals surface area contributed by atoms with Crippen molar-refractivity contribution >= 4 is 11.7 Å². The average Bonchev–Trinajstić information content (AvgIpc) is 2.52. The maximum atomic E-state index is 11.9. The van der Waals surface area contributed by atoms with Gasteiger partial charge in [-0.15, -0.1) is 0 Å².